The van der Waals surface area contributed by atoms with Crippen LogP contribution in [0.5, 0.6) is 0 Å². The van der Waals surface area contributed by atoms with Gasteiger partial charge in [0, 0.05) is 11.4 Å². The van der Waals surface area contributed by atoms with Gasteiger partial charge in [0.15, 0.2) is 5.69 Å². The summed E-state index contributed by atoms with van der Waals surface area (Å²) < 4.78 is 53.5. The van der Waals surface area contributed by atoms with Gasteiger partial charge in [-0.2, -0.15) is 18.3 Å². The molecule has 1 heterocycles. The summed E-state index contributed by atoms with van der Waals surface area (Å²) in [5, 5.41) is 6.64. The Hall–Kier alpha value is -2.38. The van der Waals surface area contributed by atoms with E-state index in [1.54, 1.807) is 10.7 Å². The highest BCUT2D eigenvalue weighted by atomic mass is 19.4. The molecule has 0 bridgehead atoms. The van der Waals surface area contributed by atoms with E-state index in [1.807, 2.05) is 34.6 Å². The number of rotatable bonds is 3. The molecule has 2 rings (SSSR count). The summed E-state index contributed by atoms with van der Waals surface area (Å²) in [6.45, 7) is 9.71. The van der Waals surface area contributed by atoms with E-state index < -0.39 is 23.5 Å². The largest absolute Gasteiger partial charge is 0.419 e. The van der Waals surface area contributed by atoms with Crippen molar-refractivity contribution in [2.75, 3.05) is 5.32 Å². The maximum Gasteiger partial charge on any atom is 0.419 e. The normalized spacial score (nSPS) is 12.5. The lowest BCUT2D eigenvalue weighted by Crippen LogP contribution is -2.26. The van der Waals surface area contributed by atoms with E-state index in [2.05, 4.69) is 10.4 Å². The molecule has 1 aromatic carbocycles. The Kier molecular flexibility index (Phi) is 5.17. The van der Waals surface area contributed by atoms with Gasteiger partial charge in [0.25, 0.3) is 5.91 Å². The molecule has 1 aromatic heterocycles. The number of halogens is 4. The fraction of sp³-hybridized carbons (Fsp3) is 0.444. The van der Waals surface area contributed by atoms with Crippen molar-refractivity contribution in [1.82, 2.24) is 9.78 Å². The Morgan fingerprint density at radius 2 is 1.77 bits per heavy atom. The Labute approximate surface area is 149 Å². The number of amides is 1. The second-order valence-corrected chi connectivity index (χ2v) is 7.34. The second-order valence-electron chi connectivity index (χ2n) is 7.34. The first-order valence-electron chi connectivity index (χ1n) is 8.09. The predicted octanol–water partition coefficient (Wildman–Crippen LogP) is 5.17. The second kappa shape index (κ2) is 6.74. The van der Waals surface area contributed by atoms with Crippen molar-refractivity contribution in [2.24, 2.45) is 0 Å². The maximum atomic E-state index is 13.4. The van der Waals surface area contributed by atoms with Gasteiger partial charge < -0.3 is 5.32 Å². The lowest BCUT2D eigenvalue weighted by Gasteiger charge is -2.23. The SMILES string of the molecule is CC(C)c1cc(C(=O)Nc2ccc(F)c(C(F)(F)F)c2)nn1C(C)(C)C. The van der Waals surface area contributed by atoms with Crippen molar-refractivity contribution in [3.63, 3.8) is 0 Å². The van der Waals surface area contributed by atoms with E-state index in [0.29, 0.717) is 12.1 Å². The molecule has 142 valence electrons. The molecule has 1 amide bonds. The number of hydrogen-bond donors (Lipinski definition) is 1. The zero-order valence-electron chi connectivity index (χ0n) is 15.2. The molecule has 0 atom stereocenters. The molecule has 0 fully saturated rings. The number of hydrogen-bond acceptors (Lipinski definition) is 2. The van der Waals surface area contributed by atoms with Gasteiger partial charge in [-0.1, -0.05) is 13.8 Å². The smallest absolute Gasteiger partial charge is 0.321 e. The minimum atomic E-state index is -4.84. The fourth-order valence-electron chi connectivity index (χ4n) is 2.47. The Bertz CT molecular complexity index is 817. The Balaban J connectivity index is 2.34. The van der Waals surface area contributed by atoms with E-state index in [4.69, 9.17) is 0 Å². The topological polar surface area (TPSA) is 46.9 Å². The third-order valence-corrected chi connectivity index (χ3v) is 3.73. The van der Waals surface area contributed by atoms with Crippen molar-refractivity contribution < 1.29 is 22.4 Å². The average molecular weight is 371 g/mol. The highest BCUT2D eigenvalue weighted by molar-refractivity contribution is 6.03. The number of carbonyl (C=O) groups is 1. The number of alkyl halides is 3. The van der Waals surface area contributed by atoms with Crippen LogP contribution in [0.25, 0.3) is 0 Å². The summed E-state index contributed by atoms with van der Waals surface area (Å²) in [5.74, 6) is -1.95. The third-order valence-electron chi connectivity index (χ3n) is 3.73. The van der Waals surface area contributed by atoms with Crippen LogP contribution in [-0.2, 0) is 11.7 Å². The Morgan fingerprint density at radius 1 is 1.15 bits per heavy atom. The monoisotopic (exact) mass is 371 g/mol. The number of benzene rings is 1. The summed E-state index contributed by atoms with van der Waals surface area (Å²) in [7, 11) is 0. The number of aromatic nitrogens is 2. The highest BCUT2D eigenvalue weighted by Gasteiger charge is 2.34. The maximum absolute atomic E-state index is 13.4. The molecular weight excluding hydrogens is 350 g/mol. The van der Waals surface area contributed by atoms with E-state index in [1.165, 1.54) is 0 Å². The molecular formula is C18H21F4N3O. The van der Waals surface area contributed by atoms with Crippen molar-refractivity contribution in [2.45, 2.75) is 52.3 Å². The molecule has 0 saturated carbocycles. The minimum absolute atomic E-state index is 0.0847. The van der Waals surface area contributed by atoms with Gasteiger partial charge in [-0.05, 0) is 51.0 Å². The van der Waals surface area contributed by atoms with Crippen LogP contribution in [0.1, 0.15) is 62.3 Å². The van der Waals surface area contributed by atoms with Crippen LogP contribution < -0.4 is 5.32 Å². The molecule has 0 saturated heterocycles. The molecule has 8 heteroatoms. The predicted molar refractivity (Wildman–Crippen MR) is 90.7 cm³/mol. The average Bonchev–Trinajstić information content (AvgIpc) is 2.93. The van der Waals surface area contributed by atoms with Crippen LogP contribution >= 0.6 is 0 Å². The highest BCUT2D eigenvalue weighted by Crippen LogP contribution is 2.33. The van der Waals surface area contributed by atoms with E-state index >= 15 is 0 Å². The molecule has 0 radical (unpaired) electrons. The quantitative estimate of drug-likeness (QED) is 0.757. The summed E-state index contributed by atoms with van der Waals surface area (Å²) in [6.07, 6.45) is -4.84. The lowest BCUT2D eigenvalue weighted by atomic mass is 10.1. The van der Waals surface area contributed by atoms with Crippen LogP contribution in [0.4, 0.5) is 23.2 Å². The van der Waals surface area contributed by atoms with Gasteiger partial charge in [0.05, 0.1) is 11.1 Å². The summed E-state index contributed by atoms with van der Waals surface area (Å²) >= 11 is 0. The number of carbonyl (C=O) groups excluding carboxylic acids is 1. The van der Waals surface area contributed by atoms with Crippen molar-refractivity contribution in [1.29, 1.82) is 0 Å². The summed E-state index contributed by atoms with van der Waals surface area (Å²) in [4.78, 5) is 12.4. The van der Waals surface area contributed by atoms with Crippen LogP contribution in [0, 0.1) is 5.82 Å². The van der Waals surface area contributed by atoms with Crippen molar-refractivity contribution >= 4 is 11.6 Å². The van der Waals surface area contributed by atoms with Crippen LogP contribution in [0.3, 0.4) is 0 Å². The van der Waals surface area contributed by atoms with Gasteiger partial charge in [-0.3, -0.25) is 9.48 Å². The molecule has 0 spiro atoms. The van der Waals surface area contributed by atoms with Crippen molar-refractivity contribution in [3.05, 3.63) is 47.0 Å². The van der Waals surface area contributed by atoms with E-state index in [9.17, 15) is 22.4 Å². The molecule has 4 nitrogen and oxygen atoms in total. The molecule has 1 N–H and O–H groups in total. The molecule has 0 aliphatic carbocycles. The van der Waals surface area contributed by atoms with Gasteiger partial charge in [0.1, 0.15) is 5.82 Å². The first-order chi connectivity index (χ1) is 11.8. The number of nitrogens with zero attached hydrogens (tertiary/aromatic N) is 2. The van der Waals surface area contributed by atoms with E-state index in [0.717, 1.165) is 11.8 Å². The molecule has 0 aliphatic heterocycles. The lowest BCUT2D eigenvalue weighted by molar-refractivity contribution is -0.139. The van der Waals surface area contributed by atoms with Gasteiger partial charge in [-0.25, -0.2) is 4.39 Å². The summed E-state index contributed by atoms with van der Waals surface area (Å²) in [5.41, 5.74) is -1.03. The third kappa shape index (κ3) is 4.23. The Morgan fingerprint density at radius 3 is 2.23 bits per heavy atom. The van der Waals surface area contributed by atoms with Gasteiger partial charge in [-0.15, -0.1) is 0 Å². The molecule has 2 aromatic rings. The number of anilines is 1. The minimum Gasteiger partial charge on any atom is -0.321 e. The number of nitrogens with one attached hydrogen (secondary N) is 1. The first kappa shape index (κ1) is 19.9. The molecule has 0 unspecified atom stereocenters. The molecule has 0 aliphatic rings. The standard InChI is InChI=1S/C18H21F4N3O/c1-10(2)15-9-14(24-25(15)17(3,4)5)16(26)23-11-6-7-13(19)12(8-11)18(20,21)22/h6-10H,1-5H3,(H,23,26). The zero-order chi connectivity index (χ0) is 19.9. The van der Waals surface area contributed by atoms with Gasteiger partial charge in [0.2, 0.25) is 0 Å². The zero-order valence-corrected chi connectivity index (χ0v) is 15.2. The van der Waals surface area contributed by atoms with E-state index in [-0.39, 0.29) is 22.8 Å². The van der Waals surface area contributed by atoms with Gasteiger partial charge >= 0.3 is 6.18 Å². The fourth-order valence-corrected chi connectivity index (χ4v) is 2.47. The first-order valence-corrected chi connectivity index (χ1v) is 8.09. The van der Waals surface area contributed by atoms with Crippen LogP contribution in [0.2, 0.25) is 0 Å². The van der Waals surface area contributed by atoms with Crippen LogP contribution in [0.15, 0.2) is 24.3 Å². The summed E-state index contributed by atoms with van der Waals surface area (Å²) in [6, 6.07) is 3.93. The van der Waals surface area contributed by atoms with Crippen molar-refractivity contribution in [3.8, 4) is 0 Å². The molecule has 26 heavy (non-hydrogen) atoms. The van der Waals surface area contributed by atoms with Crippen LogP contribution in [-0.4, -0.2) is 15.7 Å².